The van der Waals surface area contributed by atoms with Crippen LogP contribution in [0.5, 0.6) is 0 Å². The molecule has 3 nitrogen and oxygen atoms in total. The standard InChI is InChI=1S/C13H16O3/c1-9-4-5-10(2)12(6-9)13(15)7-11(14)8-16-3/h4-6H,7-8H2,1-3H3. The molecule has 86 valence electrons. The van der Waals surface area contributed by atoms with Crippen LogP contribution in [0.2, 0.25) is 0 Å². The molecule has 0 bridgehead atoms. The second kappa shape index (κ2) is 5.56. The molecule has 0 atom stereocenters. The molecule has 0 spiro atoms. The number of aryl methyl sites for hydroxylation is 2. The highest BCUT2D eigenvalue weighted by atomic mass is 16.5. The predicted molar refractivity (Wildman–Crippen MR) is 61.7 cm³/mol. The van der Waals surface area contributed by atoms with Crippen molar-refractivity contribution in [3.63, 3.8) is 0 Å². The van der Waals surface area contributed by atoms with Crippen LogP contribution in [0, 0.1) is 13.8 Å². The van der Waals surface area contributed by atoms with Gasteiger partial charge in [0.1, 0.15) is 6.61 Å². The van der Waals surface area contributed by atoms with Crippen molar-refractivity contribution in [2.75, 3.05) is 13.7 Å². The molecule has 0 aromatic heterocycles. The minimum absolute atomic E-state index is 0.00337. The molecule has 0 unspecified atom stereocenters. The fourth-order valence-corrected chi connectivity index (χ4v) is 1.52. The fraction of sp³-hybridized carbons (Fsp3) is 0.385. The highest BCUT2D eigenvalue weighted by Crippen LogP contribution is 2.13. The van der Waals surface area contributed by atoms with Crippen LogP contribution in [0.4, 0.5) is 0 Å². The van der Waals surface area contributed by atoms with Gasteiger partial charge in [-0.2, -0.15) is 0 Å². The Morgan fingerprint density at radius 2 is 1.94 bits per heavy atom. The second-order valence-electron chi connectivity index (χ2n) is 3.89. The summed E-state index contributed by atoms with van der Waals surface area (Å²) in [6, 6.07) is 5.66. The van der Waals surface area contributed by atoms with Crippen molar-refractivity contribution in [2.24, 2.45) is 0 Å². The minimum atomic E-state index is -0.187. The van der Waals surface area contributed by atoms with Crippen molar-refractivity contribution in [1.29, 1.82) is 0 Å². The SMILES string of the molecule is COCC(=O)CC(=O)c1cc(C)ccc1C. The van der Waals surface area contributed by atoms with E-state index in [1.807, 2.05) is 32.0 Å². The number of methoxy groups -OCH3 is 1. The number of benzene rings is 1. The molecule has 16 heavy (non-hydrogen) atoms. The van der Waals surface area contributed by atoms with Gasteiger partial charge in [0.05, 0.1) is 6.42 Å². The molecular formula is C13H16O3. The molecule has 0 aliphatic rings. The topological polar surface area (TPSA) is 43.4 Å². The number of hydrogen-bond donors (Lipinski definition) is 0. The van der Waals surface area contributed by atoms with Gasteiger partial charge in [0.25, 0.3) is 0 Å². The largest absolute Gasteiger partial charge is 0.377 e. The molecule has 3 heteroatoms. The molecule has 1 rings (SSSR count). The first-order valence-corrected chi connectivity index (χ1v) is 5.15. The van der Waals surface area contributed by atoms with Gasteiger partial charge >= 0.3 is 0 Å². The normalized spacial score (nSPS) is 10.2. The zero-order valence-electron chi connectivity index (χ0n) is 9.87. The summed E-state index contributed by atoms with van der Waals surface area (Å²) in [7, 11) is 1.44. The van der Waals surface area contributed by atoms with Crippen LogP contribution in [0.3, 0.4) is 0 Å². The summed E-state index contributed by atoms with van der Waals surface area (Å²) in [4.78, 5) is 23.1. The number of carbonyl (C=O) groups excluding carboxylic acids is 2. The van der Waals surface area contributed by atoms with Gasteiger partial charge in [0.15, 0.2) is 11.6 Å². The Hall–Kier alpha value is -1.48. The van der Waals surface area contributed by atoms with E-state index in [4.69, 9.17) is 4.74 Å². The van der Waals surface area contributed by atoms with Crippen LogP contribution in [-0.2, 0) is 9.53 Å². The van der Waals surface area contributed by atoms with Gasteiger partial charge in [-0.05, 0) is 25.5 Å². The lowest BCUT2D eigenvalue weighted by molar-refractivity contribution is -0.121. The number of carbonyl (C=O) groups is 2. The van der Waals surface area contributed by atoms with Gasteiger partial charge < -0.3 is 4.74 Å². The molecule has 1 aromatic carbocycles. The lowest BCUT2D eigenvalue weighted by atomic mass is 9.99. The molecule has 1 aromatic rings. The Morgan fingerprint density at radius 1 is 1.25 bits per heavy atom. The van der Waals surface area contributed by atoms with E-state index in [2.05, 4.69) is 0 Å². The maximum absolute atomic E-state index is 11.8. The summed E-state index contributed by atoms with van der Waals surface area (Å²) in [5.41, 5.74) is 2.55. The first-order valence-electron chi connectivity index (χ1n) is 5.15. The molecule has 0 heterocycles. The lowest BCUT2D eigenvalue weighted by Gasteiger charge is -2.05. The van der Waals surface area contributed by atoms with Crippen LogP contribution in [-0.4, -0.2) is 25.3 Å². The highest BCUT2D eigenvalue weighted by molar-refractivity contribution is 6.09. The molecule has 0 aliphatic carbocycles. The Bertz CT molecular complexity index is 408. The summed E-state index contributed by atoms with van der Waals surface area (Å²) >= 11 is 0. The third kappa shape index (κ3) is 3.28. The van der Waals surface area contributed by atoms with E-state index in [9.17, 15) is 9.59 Å². The summed E-state index contributed by atoms with van der Waals surface area (Å²) in [5, 5.41) is 0. The van der Waals surface area contributed by atoms with E-state index in [-0.39, 0.29) is 24.6 Å². The maximum Gasteiger partial charge on any atom is 0.170 e. The molecule has 0 saturated carbocycles. The van der Waals surface area contributed by atoms with Gasteiger partial charge in [0, 0.05) is 12.7 Å². The third-order valence-corrected chi connectivity index (χ3v) is 2.36. The van der Waals surface area contributed by atoms with Crippen molar-refractivity contribution in [3.05, 3.63) is 34.9 Å². The van der Waals surface area contributed by atoms with Gasteiger partial charge in [-0.15, -0.1) is 0 Å². The fourth-order valence-electron chi connectivity index (χ4n) is 1.52. The lowest BCUT2D eigenvalue weighted by Crippen LogP contribution is -2.13. The highest BCUT2D eigenvalue weighted by Gasteiger charge is 2.13. The Morgan fingerprint density at radius 3 is 2.56 bits per heavy atom. The molecule has 0 fully saturated rings. The van der Waals surface area contributed by atoms with Crippen molar-refractivity contribution in [1.82, 2.24) is 0 Å². The van der Waals surface area contributed by atoms with E-state index in [1.54, 1.807) is 0 Å². The number of rotatable bonds is 5. The molecular weight excluding hydrogens is 204 g/mol. The van der Waals surface area contributed by atoms with E-state index >= 15 is 0 Å². The number of hydrogen-bond acceptors (Lipinski definition) is 3. The number of ketones is 2. The van der Waals surface area contributed by atoms with Crippen molar-refractivity contribution in [3.8, 4) is 0 Å². The van der Waals surface area contributed by atoms with Crippen molar-refractivity contribution >= 4 is 11.6 Å². The zero-order chi connectivity index (χ0) is 12.1. The summed E-state index contributed by atoms with van der Waals surface area (Å²) in [6.45, 7) is 3.79. The molecule has 0 saturated heterocycles. The van der Waals surface area contributed by atoms with Crippen LogP contribution in [0.15, 0.2) is 18.2 Å². The van der Waals surface area contributed by atoms with Gasteiger partial charge in [-0.25, -0.2) is 0 Å². The summed E-state index contributed by atoms with van der Waals surface area (Å²) < 4.78 is 4.69. The monoisotopic (exact) mass is 220 g/mol. The molecule has 0 amide bonds. The van der Waals surface area contributed by atoms with E-state index in [0.717, 1.165) is 11.1 Å². The summed E-state index contributed by atoms with van der Waals surface area (Å²) in [6.07, 6.45) is -0.0852. The molecule has 0 radical (unpaired) electrons. The molecule has 0 N–H and O–H groups in total. The number of Topliss-reactive ketones (excluding diaryl/α,β-unsaturated/α-hetero) is 2. The summed E-state index contributed by atoms with van der Waals surface area (Å²) in [5.74, 6) is -0.323. The van der Waals surface area contributed by atoms with E-state index in [1.165, 1.54) is 7.11 Å². The quantitative estimate of drug-likeness (QED) is 0.563. The van der Waals surface area contributed by atoms with Crippen molar-refractivity contribution < 1.29 is 14.3 Å². The first-order chi connectivity index (χ1) is 7.54. The van der Waals surface area contributed by atoms with Crippen LogP contribution < -0.4 is 0 Å². The number of ether oxygens (including phenoxy) is 1. The Labute approximate surface area is 95.4 Å². The van der Waals surface area contributed by atoms with Gasteiger partial charge in [-0.3, -0.25) is 9.59 Å². The Balaban J connectivity index is 2.80. The first kappa shape index (κ1) is 12.6. The van der Waals surface area contributed by atoms with E-state index in [0.29, 0.717) is 5.56 Å². The average molecular weight is 220 g/mol. The minimum Gasteiger partial charge on any atom is -0.377 e. The van der Waals surface area contributed by atoms with Crippen LogP contribution in [0.25, 0.3) is 0 Å². The average Bonchev–Trinajstić information content (AvgIpc) is 2.21. The smallest absolute Gasteiger partial charge is 0.170 e. The van der Waals surface area contributed by atoms with Crippen LogP contribution >= 0.6 is 0 Å². The van der Waals surface area contributed by atoms with Gasteiger partial charge in [-0.1, -0.05) is 17.7 Å². The van der Waals surface area contributed by atoms with Gasteiger partial charge in [0.2, 0.25) is 0 Å². The van der Waals surface area contributed by atoms with E-state index < -0.39 is 0 Å². The molecule has 0 aliphatic heterocycles. The third-order valence-electron chi connectivity index (χ3n) is 2.36. The maximum atomic E-state index is 11.8. The zero-order valence-corrected chi connectivity index (χ0v) is 9.87. The Kier molecular flexibility index (Phi) is 4.38. The van der Waals surface area contributed by atoms with Crippen LogP contribution in [0.1, 0.15) is 27.9 Å². The predicted octanol–water partition coefficient (Wildman–Crippen LogP) is 2.09. The second-order valence-corrected chi connectivity index (χ2v) is 3.89. The van der Waals surface area contributed by atoms with Crippen molar-refractivity contribution in [2.45, 2.75) is 20.3 Å².